The molecule has 0 N–H and O–H groups in total. The minimum absolute atomic E-state index is 0.106. The number of benzene rings is 1. The maximum Gasteiger partial charge on any atom is 0.308 e. The minimum atomic E-state index is -1.11. The first-order chi connectivity index (χ1) is 9.52. The van der Waals surface area contributed by atoms with Crippen molar-refractivity contribution >= 4 is 28.6 Å². The highest BCUT2D eigenvalue weighted by Gasteiger charge is 2.23. The molecule has 5 nitrogen and oxygen atoms in total. The van der Waals surface area contributed by atoms with Crippen molar-refractivity contribution in [1.29, 1.82) is 0 Å². The molecule has 0 bridgehead atoms. The van der Waals surface area contributed by atoms with Crippen molar-refractivity contribution in [2.45, 2.75) is 12.8 Å². The summed E-state index contributed by atoms with van der Waals surface area (Å²) in [4.78, 5) is 9.68. The molecule has 0 aliphatic carbocycles. The van der Waals surface area contributed by atoms with Crippen molar-refractivity contribution < 1.29 is 13.7 Å². The van der Waals surface area contributed by atoms with Gasteiger partial charge in [0.25, 0.3) is 0 Å². The van der Waals surface area contributed by atoms with E-state index in [0.717, 1.165) is 17.4 Å². The summed E-state index contributed by atoms with van der Waals surface area (Å²) >= 11 is 6.61. The van der Waals surface area contributed by atoms with Gasteiger partial charge in [0.15, 0.2) is 5.01 Å². The van der Waals surface area contributed by atoms with Crippen LogP contribution in [0, 0.1) is 21.7 Å². The Balaban J connectivity index is 2.42. The average Bonchev–Trinajstić information content (AvgIpc) is 2.87. The lowest BCUT2D eigenvalue weighted by molar-refractivity contribution is -0.387. The van der Waals surface area contributed by atoms with Crippen LogP contribution in [0.4, 0.5) is 14.5 Å². The van der Waals surface area contributed by atoms with E-state index in [-0.39, 0.29) is 10.6 Å². The second-order valence-corrected chi connectivity index (χ2v) is 5.28. The van der Waals surface area contributed by atoms with Crippen LogP contribution in [-0.4, -0.2) is 21.0 Å². The lowest BCUT2D eigenvalue weighted by Crippen LogP contribution is -1.96. The van der Waals surface area contributed by atoms with E-state index in [2.05, 4.69) is 10.2 Å². The van der Waals surface area contributed by atoms with Crippen LogP contribution in [0.25, 0.3) is 10.6 Å². The summed E-state index contributed by atoms with van der Waals surface area (Å²) in [5.41, 5.74) is -1.18. The molecular formula is C11H8ClF2N3O2S. The van der Waals surface area contributed by atoms with Crippen molar-refractivity contribution in [3.05, 3.63) is 38.9 Å². The van der Waals surface area contributed by atoms with Crippen LogP contribution in [0.2, 0.25) is 0 Å². The summed E-state index contributed by atoms with van der Waals surface area (Å²) in [6.07, 6.45) is 1.25. The quantitative estimate of drug-likeness (QED) is 0.480. The van der Waals surface area contributed by atoms with Gasteiger partial charge in [0.1, 0.15) is 10.8 Å². The Morgan fingerprint density at radius 2 is 2.10 bits per heavy atom. The van der Waals surface area contributed by atoms with Gasteiger partial charge in [-0.1, -0.05) is 11.3 Å². The first-order valence-corrected chi connectivity index (χ1v) is 6.90. The molecule has 0 amide bonds. The second kappa shape index (κ2) is 6.19. The van der Waals surface area contributed by atoms with E-state index in [4.69, 9.17) is 11.6 Å². The third-order valence-electron chi connectivity index (χ3n) is 2.44. The zero-order valence-corrected chi connectivity index (χ0v) is 11.5. The fourth-order valence-corrected chi connectivity index (χ4v) is 2.57. The summed E-state index contributed by atoms with van der Waals surface area (Å²) in [5.74, 6) is -1.56. The normalized spacial score (nSPS) is 10.8. The highest BCUT2D eigenvalue weighted by atomic mass is 35.5. The monoisotopic (exact) mass is 319 g/mol. The standard InChI is InChI=1S/C11H8ClF2N3O2S/c12-3-1-2-9-15-16-11(20-9)7-4-6(13)5-8(10(7)14)17(18)19/h4-5H,1-3H2. The molecule has 106 valence electrons. The maximum atomic E-state index is 14.0. The number of nitro benzene ring substituents is 1. The van der Waals surface area contributed by atoms with E-state index in [1.165, 1.54) is 0 Å². The number of alkyl halides is 1. The first kappa shape index (κ1) is 14.7. The number of aromatic nitrogens is 2. The smallest absolute Gasteiger partial charge is 0.258 e. The van der Waals surface area contributed by atoms with Gasteiger partial charge in [-0.15, -0.1) is 21.8 Å². The number of nitrogens with zero attached hydrogens (tertiary/aromatic N) is 3. The molecular weight excluding hydrogens is 312 g/mol. The molecule has 0 saturated heterocycles. The SMILES string of the molecule is O=[N+]([O-])c1cc(F)cc(-c2nnc(CCCCl)s2)c1F. The van der Waals surface area contributed by atoms with E-state index < -0.39 is 22.2 Å². The summed E-state index contributed by atoms with van der Waals surface area (Å²) in [7, 11) is 0. The molecule has 2 rings (SSSR count). The number of hydrogen-bond acceptors (Lipinski definition) is 5. The average molecular weight is 320 g/mol. The van der Waals surface area contributed by atoms with Crippen LogP contribution >= 0.6 is 22.9 Å². The van der Waals surface area contributed by atoms with Crippen molar-refractivity contribution in [3.8, 4) is 10.6 Å². The van der Waals surface area contributed by atoms with Gasteiger partial charge in [0.2, 0.25) is 5.82 Å². The van der Waals surface area contributed by atoms with Crippen LogP contribution in [0.3, 0.4) is 0 Å². The van der Waals surface area contributed by atoms with Gasteiger partial charge in [-0.05, 0) is 12.5 Å². The van der Waals surface area contributed by atoms with Gasteiger partial charge in [-0.25, -0.2) is 4.39 Å². The van der Waals surface area contributed by atoms with Crippen molar-refractivity contribution in [2.24, 2.45) is 0 Å². The third kappa shape index (κ3) is 3.07. The van der Waals surface area contributed by atoms with Crippen LogP contribution in [-0.2, 0) is 6.42 Å². The number of nitro groups is 1. The molecule has 2 aromatic rings. The van der Waals surface area contributed by atoms with Crippen molar-refractivity contribution in [2.75, 3.05) is 5.88 Å². The third-order valence-corrected chi connectivity index (χ3v) is 3.72. The highest BCUT2D eigenvalue weighted by molar-refractivity contribution is 7.14. The minimum Gasteiger partial charge on any atom is -0.258 e. The highest BCUT2D eigenvalue weighted by Crippen LogP contribution is 2.32. The molecule has 1 aromatic heterocycles. The van der Waals surface area contributed by atoms with Crippen LogP contribution in [0.5, 0.6) is 0 Å². The fourth-order valence-electron chi connectivity index (χ4n) is 1.54. The predicted octanol–water partition coefficient (Wildman–Crippen LogP) is 3.56. The summed E-state index contributed by atoms with van der Waals surface area (Å²) in [5, 5.41) is 18.9. The molecule has 9 heteroatoms. The van der Waals surface area contributed by atoms with Gasteiger partial charge in [-0.3, -0.25) is 10.1 Å². The number of aryl methyl sites for hydroxylation is 1. The van der Waals surface area contributed by atoms with E-state index in [0.29, 0.717) is 29.8 Å². The van der Waals surface area contributed by atoms with Crippen molar-refractivity contribution in [3.63, 3.8) is 0 Å². The maximum absolute atomic E-state index is 14.0. The molecule has 0 atom stereocenters. The molecule has 1 aromatic carbocycles. The molecule has 0 unspecified atom stereocenters. The van der Waals surface area contributed by atoms with Gasteiger partial charge in [0, 0.05) is 12.3 Å². The van der Waals surface area contributed by atoms with Gasteiger partial charge in [-0.2, -0.15) is 4.39 Å². The van der Waals surface area contributed by atoms with Gasteiger partial charge < -0.3 is 0 Å². The van der Waals surface area contributed by atoms with E-state index >= 15 is 0 Å². The zero-order valence-electron chi connectivity index (χ0n) is 9.98. The Kier molecular flexibility index (Phi) is 4.56. The van der Waals surface area contributed by atoms with E-state index in [1.54, 1.807) is 0 Å². The Morgan fingerprint density at radius 1 is 1.35 bits per heavy atom. The number of rotatable bonds is 5. The largest absolute Gasteiger partial charge is 0.308 e. The van der Waals surface area contributed by atoms with E-state index in [9.17, 15) is 18.9 Å². The first-order valence-electron chi connectivity index (χ1n) is 5.55. The Hall–Kier alpha value is -1.67. The van der Waals surface area contributed by atoms with Crippen LogP contribution in [0.1, 0.15) is 11.4 Å². The van der Waals surface area contributed by atoms with Crippen molar-refractivity contribution in [1.82, 2.24) is 10.2 Å². The molecule has 0 aliphatic rings. The van der Waals surface area contributed by atoms with Gasteiger partial charge >= 0.3 is 5.69 Å². The Morgan fingerprint density at radius 3 is 2.75 bits per heavy atom. The number of halogens is 3. The number of hydrogen-bond donors (Lipinski definition) is 0. The lowest BCUT2D eigenvalue weighted by Gasteiger charge is -2.00. The Bertz CT molecular complexity index is 651. The molecule has 20 heavy (non-hydrogen) atoms. The predicted molar refractivity (Wildman–Crippen MR) is 71.0 cm³/mol. The molecule has 0 aliphatic heterocycles. The molecule has 0 radical (unpaired) electrons. The molecule has 0 fully saturated rings. The lowest BCUT2D eigenvalue weighted by atomic mass is 10.2. The fraction of sp³-hybridized carbons (Fsp3) is 0.273. The molecule has 0 saturated carbocycles. The topological polar surface area (TPSA) is 68.9 Å². The zero-order chi connectivity index (χ0) is 14.7. The van der Waals surface area contributed by atoms with E-state index in [1.807, 2.05) is 0 Å². The van der Waals surface area contributed by atoms with Gasteiger partial charge in [0.05, 0.1) is 16.6 Å². The molecule has 1 heterocycles. The Labute approximate surface area is 121 Å². The molecule has 0 spiro atoms. The van der Waals surface area contributed by atoms with Crippen LogP contribution < -0.4 is 0 Å². The summed E-state index contributed by atoms with van der Waals surface area (Å²) < 4.78 is 27.3. The van der Waals surface area contributed by atoms with Crippen LogP contribution in [0.15, 0.2) is 12.1 Å². The summed E-state index contributed by atoms with van der Waals surface area (Å²) in [6, 6.07) is 1.41. The second-order valence-electron chi connectivity index (χ2n) is 3.84. The summed E-state index contributed by atoms with van der Waals surface area (Å²) in [6.45, 7) is 0.